The van der Waals surface area contributed by atoms with Gasteiger partial charge in [0.1, 0.15) is 17.1 Å². The maximum absolute atomic E-state index is 13.1. The van der Waals surface area contributed by atoms with Gasteiger partial charge in [-0.15, -0.1) is 0 Å². The topological polar surface area (TPSA) is 101 Å². The number of carboxylic acid groups (broad SMARTS) is 1. The van der Waals surface area contributed by atoms with E-state index in [0.29, 0.717) is 17.5 Å². The Kier molecular flexibility index (Phi) is 4.85. The van der Waals surface area contributed by atoms with Gasteiger partial charge in [0.15, 0.2) is 0 Å². The molecule has 0 aromatic heterocycles. The zero-order chi connectivity index (χ0) is 19.6. The van der Waals surface area contributed by atoms with Crippen LogP contribution in [0.5, 0.6) is 5.75 Å². The van der Waals surface area contributed by atoms with Gasteiger partial charge in [-0.25, -0.2) is 9.18 Å². The molecule has 27 heavy (non-hydrogen) atoms. The van der Waals surface area contributed by atoms with Crippen LogP contribution in [0, 0.1) is 15.9 Å². The van der Waals surface area contributed by atoms with Crippen molar-refractivity contribution in [3.05, 3.63) is 93.3 Å². The predicted molar refractivity (Wildman–Crippen MR) is 96.4 cm³/mol. The van der Waals surface area contributed by atoms with Gasteiger partial charge in [0.2, 0.25) is 0 Å². The van der Waals surface area contributed by atoms with Crippen LogP contribution < -0.4 is 0 Å². The Balaban J connectivity index is 2.11. The van der Waals surface area contributed by atoms with E-state index < -0.39 is 16.6 Å². The molecule has 0 bridgehead atoms. The van der Waals surface area contributed by atoms with E-state index in [2.05, 4.69) is 0 Å². The van der Waals surface area contributed by atoms with Crippen molar-refractivity contribution < 1.29 is 24.3 Å². The highest BCUT2D eigenvalue weighted by atomic mass is 19.1. The molecule has 3 rings (SSSR count). The van der Waals surface area contributed by atoms with Crippen LogP contribution in [0.1, 0.15) is 21.5 Å². The number of carbonyl (C=O) groups is 1. The molecule has 0 aliphatic heterocycles. The SMILES string of the molecule is O=C(O)c1cc(Cc2ccc(F)cc2)cc(-c2cccc([N+](=O)[O-])c2)c1O. The van der Waals surface area contributed by atoms with Crippen molar-refractivity contribution in [2.24, 2.45) is 0 Å². The smallest absolute Gasteiger partial charge is 0.339 e. The summed E-state index contributed by atoms with van der Waals surface area (Å²) in [7, 11) is 0. The minimum atomic E-state index is -1.32. The zero-order valence-corrected chi connectivity index (χ0v) is 13.9. The van der Waals surface area contributed by atoms with Crippen LogP contribution in [0.3, 0.4) is 0 Å². The average Bonchev–Trinajstić information content (AvgIpc) is 2.64. The zero-order valence-electron chi connectivity index (χ0n) is 13.9. The summed E-state index contributed by atoms with van der Waals surface area (Å²) in [5.41, 5.74) is 1.34. The molecule has 0 saturated carbocycles. The van der Waals surface area contributed by atoms with E-state index >= 15 is 0 Å². The van der Waals surface area contributed by atoms with Gasteiger partial charge >= 0.3 is 5.97 Å². The summed E-state index contributed by atoms with van der Waals surface area (Å²) >= 11 is 0. The van der Waals surface area contributed by atoms with E-state index in [-0.39, 0.29) is 22.6 Å². The molecule has 2 N–H and O–H groups in total. The van der Waals surface area contributed by atoms with Crippen LogP contribution in [0.4, 0.5) is 10.1 Å². The molecule has 3 aromatic rings. The number of phenols is 1. The molecule has 0 aliphatic rings. The lowest BCUT2D eigenvalue weighted by atomic mass is 9.95. The maximum atomic E-state index is 13.1. The van der Waals surface area contributed by atoms with Crippen molar-refractivity contribution in [1.29, 1.82) is 0 Å². The first-order valence-corrected chi connectivity index (χ1v) is 7.93. The molecule has 136 valence electrons. The molecule has 3 aromatic carbocycles. The van der Waals surface area contributed by atoms with Crippen molar-refractivity contribution in [3.8, 4) is 16.9 Å². The summed E-state index contributed by atoms with van der Waals surface area (Å²) in [6.07, 6.45) is 0.308. The Morgan fingerprint density at radius 1 is 1.04 bits per heavy atom. The fraction of sp³-hybridized carbons (Fsp3) is 0.0500. The summed E-state index contributed by atoms with van der Waals surface area (Å²) in [6, 6.07) is 14.3. The molecule has 0 aliphatic carbocycles. The molecule has 0 amide bonds. The Labute approximate surface area is 153 Å². The number of hydrogen-bond acceptors (Lipinski definition) is 4. The summed E-state index contributed by atoms with van der Waals surface area (Å²) in [5, 5.41) is 30.8. The number of nitrogens with zero attached hydrogens (tertiary/aromatic N) is 1. The first-order valence-electron chi connectivity index (χ1n) is 7.93. The van der Waals surface area contributed by atoms with E-state index in [1.54, 1.807) is 24.3 Å². The minimum Gasteiger partial charge on any atom is -0.506 e. The molecular weight excluding hydrogens is 353 g/mol. The monoisotopic (exact) mass is 367 g/mol. The van der Waals surface area contributed by atoms with E-state index in [0.717, 1.165) is 5.56 Å². The fourth-order valence-electron chi connectivity index (χ4n) is 2.80. The molecule has 0 fully saturated rings. The van der Waals surface area contributed by atoms with E-state index in [9.17, 15) is 29.5 Å². The molecule has 0 spiro atoms. The van der Waals surface area contributed by atoms with Crippen LogP contribution in [-0.2, 0) is 6.42 Å². The Hall–Kier alpha value is -3.74. The number of nitro benzene ring substituents is 1. The second-order valence-electron chi connectivity index (χ2n) is 5.96. The Morgan fingerprint density at radius 3 is 2.37 bits per heavy atom. The second kappa shape index (κ2) is 7.25. The predicted octanol–water partition coefficient (Wildman–Crippen LogP) is 4.40. The number of carboxylic acids is 1. The lowest BCUT2D eigenvalue weighted by Crippen LogP contribution is -2.01. The van der Waals surface area contributed by atoms with Crippen molar-refractivity contribution in [2.45, 2.75) is 6.42 Å². The third-order valence-electron chi connectivity index (χ3n) is 4.09. The lowest BCUT2D eigenvalue weighted by Gasteiger charge is -2.12. The highest BCUT2D eigenvalue weighted by Crippen LogP contribution is 2.35. The number of hydrogen-bond donors (Lipinski definition) is 2. The van der Waals surface area contributed by atoms with Crippen molar-refractivity contribution in [1.82, 2.24) is 0 Å². The number of aromatic hydroxyl groups is 1. The second-order valence-corrected chi connectivity index (χ2v) is 5.96. The lowest BCUT2D eigenvalue weighted by molar-refractivity contribution is -0.384. The quantitative estimate of drug-likeness (QED) is 0.514. The highest BCUT2D eigenvalue weighted by molar-refractivity contribution is 5.94. The summed E-state index contributed by atoms with van der Waals surface area (Å²) in [5.74, 6) is -2.17. The summed E-state index contributed by atoms with van der Waals surface area (Å²) in [4.78, 5) is 21.9. The number of non-ortho nitro benzene ring substituents is 1. The molecule has 6 nitrogen and oxygen atoms in total. The van der Waals surface area contributed by atoms with Crippen molar-refractivity contribution in [2.75, 3.05) is 0 Å². The first kappa shape index (κ1) is 18.1. The number of halogens is 1. The van der Waals surface area contributed by atoms with Gasteiger partial charge in [0.05, 0.1) is 4.92 Å². The normalized spacial score (nSPS) is 10.6. The standard InChI is InChI=1S/C20H14FNO5/c21-15-6-4-12(5-7-15)8-13-9-17(19(23)18(10-13)20(24)25)14-2-1-3-16(11-14)22(26)27/h1-7,9-11,23H,8H2,(H,24,25). The molecule has 7 heteroatoms. The number of nitro groups is 1. The van der Waals surface area contributed by atoms with Crippen LogP contribution in [0.25, 0.3) is 11.1 Å². The summed E-state index contributed by atoms with van der Waals surface area (Å²) < 4.78 is 13.1. The summed E-state index contributed by atoms with van der Waals surface area (Å²) in [6.45, 7) is 0. The van der Waals surface area contributed by atoms with Gasteiger partial charge in [-0.05, 0) is 47.4 Å². The molecule has 0 radical (unpaired) electrons. The van der Waals surface area contributed by atoms with Crippen molar-refractivity contribution >= 4 is 11.7 Å². The van der Waals surface area contributed by atoms with E-state index in [1.807, 2.05) is 0 Å². The molecule has 0 atom stereocenters. The number of benzene rings is 3. The minimum absolute atomic E-state index is 0.173. The van der Waals surface area contributed by atoms with Crippen molar-refractivity contribution in [3.63, 3.8) is 0 Å². The molecule has 0 heterocycles. The van der Waals surface area contributed by atoms with Gasteiger partial charge < -0.3 is 10.2 Å². The van der Waals surface area contributed by atoms with Gasteiger partial charge in [-0.1, -0.05) is 24.3 Å². The number of rotatable bonds is 5. The van der Waals surface area contributed by atoms with Crippen LogP contribution in [0.2, 0.25) is 0 Å². The van der Waals surface area contributed by atoms with Crippen LogP contribution >= 0.6 is 0 Å². The van der Waals surface area contributed by atoms with Gasteiger partial charge in [0.25, 0.3) is 5.69 Å². The van der Waals surface area contributed by atoms with E-state index in [1.165, 1.54) is 36.4 Å². The fourth-order valence-corrected chi connectivity index (χ4v) is 2.80. The average molecular weight is 367 g/mol. The van der Waals surface area contributed by atoms with Gasteiger partial charge in [0, 0.05) is 17.7 Å². The molecular formula is C20H14FNO5. The van der Waals surface area contributed by atoms with Gasteiger partial charge in [-0.3, -0.25) is 10.1 Å². The van der Waals surface area contributed by atoms with Crippen LogP contribution in [-0.4, -0.2) is 21.1 Å². The maximum Gasteiger partial charge on any atom is 0.339 e. The first-order chi connectivity index (χ1) is 12.8. The van der Waals surface area contributed by atoms with E-state index in [4.69, 9.17) is 0 Å². The van der Waals surface area contributed by atoms with Gasteiger partial charge in [-0.2, -0.15) is 0 Å². The molecule has 0 saturated heterocycles. The third-order valence-corrected chi connectivity index (χ3v) is 4.09. The molecule has 0 unspecified atom stereocenters. The highest BCUT2D eigenvalue weighted by Gasteiger charge is 2.18. The Bertz CT molecular complexity index is 1030. The largest absolute Gasteiger partial charge is 0.506 e. The van der Waals surface area contributed by atoms with Crippen LogP contribution in [0.15, 0.2) is 60.7 Å². The Morgan fingerprint density at radius 2 is 1.74 bits per heavy atom. The number of aromatic carboxylic acids is 1. The third kappa shape index (κ3) is 3.92.